The topological polar surface area (TPSA) is 52.0 Å². The normalized spacial score (nSPS) is 10.7. The predicted molar refractivity (Wildman–Crippen MR) is 74.4 cm³/mol. The molecule has 0 atom stereocenters. The van der Waals surface area contributed by atoms with Gasteiger partial charge in [-0.3, -0.25) is 4.68 Å². The molecule has 0 aliphatic heterocycles. The average Bonchev–Trinajstić information content (AvgIpc) is 2.81. The van der Waals surface area contributed by atoms with E-state index < -0.39 is 0 Å². The first-order valence-corrected chi connectivity index (χ1v) is 6.46. The lowest BCUT2D eigenvalue weighted by molar-refractivity contribution is 0.451. The Morgan fingerprint density at radius 2 is 2.16 bits per heavy atom. The molecule has 0 amide bonds. The minimum absolute atomic E-state index is 0.655. The molecule has 2 rings (SSSR count). The van der Waals surface area contributed by atoms with E-state index in [1.807, 2.05) is 31.8 Å². The Morgan fingerprint density at radius 3 is 2.79 bits per heavy atom. The van der Waals surface area contributed by atoms with Crippen molar-refractivity contribution >= 4 is 0 Å². The summed E-state index contributed by atoms with van der Waals surface area (Å²) in [5.41, 5.74) is 3.22. The van der Waals surface area contributed by atoms with Crippen LogP contribution in [0.3, 0.4) is 0 Å². The van der Waals surface area contributed by atoms with Crippen LogP contribution in [0, 0.1) is 13.8 Å². The zero-order valence-electron chi connectivity index (χ0n) is 11.9. The maximum absolute atomic E-state index is 5.87. The molecule has 0 bridgehead atoms. The van der Waals surface area contributed by atoms with E-state index in [4.69, 9.17) is 4.74 Å². The second kappa shape index (κ2) is 5.84. The molecule has 0 spiro atoms. The number of nitrogens with zero attached hydrogens (tertiary/aromatic N) is 3. The summed E-state index contributed by atoms with van der Waals surface area (Å²) in [5, 5.41) is 7.35. The number of aromatic nitrogens is 3. The summed E-state index contributed by atoms with van der Waals surface area (Å²) in [6.45, 7) is 7.64. The molecule has 102 valence electrons. The number of hydrogen-bond donors (Lipinski definition) is 1. The van der Waals surface area contributed by atoms with Crippen molar-refractivity contribution in [2.45, 2.75) is 33.9 Å². The number of hydrogen-bond acceptors (Lipinski definition) is 4. The van der Waals surface area contributed by atoms with E-state index in [2.05, 4.69) is 28.4 Å². The molecule has 0 saturated heterocycles. The van der Waals surface area contributed by atoms with Gasteiger partial charge in [-0.25, -0.2) is 4.98 Å². The molecule has 0 aromatic carbocycles. The molecule has 2 aromatic heterocycles. The van der Waals surface area contributed by atoms with Gasteiger partial charge in [0.1, 0.15) is 0 Å². The molecule has 0 fully saturated rings. The van der Waals surface area contributed by atoms with Gasteiger partial charge in [-0.1, -0.05) is 0 Å². The Bertz CT molecular complexity index is 563. The highest BCUT2D eigenvalue weighted by Crippen LogP contribution is 2.26. The summed E-state index contributed by atoms with van der Waals surface area (Å²) in [6.07, 6.45) is 3.59. The maximum atomic E-state index is 5.87. The van der Waals surface area contributed by atoms with Crippen LogP contribution in [-0.2, 0) is 13.1 Å². The van der Waals surface area contributed by atoms with Crippen LogP contribution in [0.25, 0.3) is 0 Å². The minimum atomic E-state index is 0.655. The Labute approximate surface area is 113 Å². The van der Waals surface area contributed by atoms with Gasteiger partial charge in [0.05, 0.1) is 12.4 Å². The fourth-order valence-electron chi connectivity index (χ4n) is 1.99. The fraction of sp³-hybridized carbons (Fsp3) is 0.429. The summed E-state index contributed by atoms with van der Waals surface area (Å²) in [5.74, 6) is 1.37. The molecular weight excluding hydrogens is 240 g/mol. The van der Waals surface area contributed by atoms with Gasteiger partial charge in [0.15, 0.2) is 5.75 Å². The third-order valence-corrected chi connectivity index (χ3v) is 2.94. The van der Waals surface area contributed by atoms with Gasteiger partial charge in [-0.05, 0) is 39.4 Å². The first-order chi connectivity index (χ1) is 9.13. The van der Waals surface area contributed by atoms with Crippen molar-refractivity contribution in [3.63, 3.8) is 0 Å². The highest BCUT2D eigenvalue weighted by atomic mass is 16.5. The zero-order chi connectivity index (χ0) is 13.8. The lowest BCUT2D eigenvalue weighted by Crippen LogP contribution is -2.09. The van der Waals surface area contributed by atoms with E-state index in [0.717, 1.165) is 30.1 Å². The third-order valence-electron chi connectivity index (χ3n) is 2.94. The largest absolute Gasteiger partial charge is 0.435 e. The quantitative estimate of drug-likeness (QED) is 0.897. The number of pyridine rings is 1. The van der Waals surface area contributed by atoms with Crippen molar-refractivity contribution in [2.75, 3.05) is 7.05 Å². The molecule has 2 aromatic rings. The summed E-state index contributed by atoms with van der Waals surface area (Å²) < 4.78 is 7.70. The molecule has 19 heavy (non-hydrogen) atoms. The van der Waals surface area contributed by atoms with Gasteiger partial charge in [0, 0.05) is 24.3 Å². The zero-order valence-corrected chi connectivity index (χ0v) is 11.9. The van der Waals surface area contributed by atoms with Gasteiger partial charge < -0.3 is 10.1 Å². The molecule has 5 heteroatoms. The van der Waals surface area contributed by atoms with Crippen LogP contribution in [0.15, 0.2) is 18.5 Å². The smallest absolute Gasteiger partial charge is 0.224 e. The second-order valence-electron chi connectivity index (χ2n) is 4.53. The van der Waals surface area contributed by atoms with Gasteiger partial charge in [0.25, 0.3) is 0 Å². The van der Waals surface area contributed by atoms with Crippen molar-refractivity contribution < 1.29 is 4.74 Å². The minimum Gasteiger partial charge on any atom is -0.435 e. The summed E-state index contributed by atoms with van der Waals surface area (Å²) >= 11 is 0. The van der Waals surface area contributed by atoms with E-state index in [9.17, 15) is 0 Å². The third kappa shape index (κ3) is 3.12. The number of ether oxygens (including phenoxy) is 1. The number of aryl methyl sites for hydroxylation is 3. The average molecular weight is 260 g/mol. The lowest BCUT2D eigenvalue weighted by atomic mass is 10.1. The van der Waals surface area contributed by atoms with E-state index in [-0.39, 0.29) is 0 Å². The summed E-state index contributed by atoms with van der Waals surface area (Å²) in [4.78, 5) is 4.48. The molecule has 0 radical (unpaired) electrons. The van der Waals surface area contributed by atoms with Crippen molar-refractivity contribution in [1.29, 1.82) is 0 Å². The highest BCUT2D eigenvalue weighted by molar-refractivity contribution is 5.38. The van der Waals surface area contributed by atoms with Crippen LogP contribution in [-0.4, -0.2) is 21.8 Å². The van der Waals surface area contributed by atoms with Gasteiger partial charge >= 0.3 is 0 Å². The van der Waals surface area contributed by atoms with Crippen LogP contribution < -0.4 is 10.1 Å². The first-order valence-electron chi connectivity index (χ1n) is 6.46. The first kappa shape index (κ1) is 13.5. The monoisotopic (exact) mass is 260 g/mol. The van der Waals surface area contributed by atoms with Crippen molar-refractivity contribution in [3.8, 4) is 11.6 Å². The van der Waals surface area contributed by atoms with Gasteiger partial charge in [-0.15, -0.1) is 0 Å². The Balaban J connectivity index is 2.32. The SMILES string of the molecule is CCn1cc(Oc2nc(C)cc(C)c2CNC)cn1. The van der Waals surface area contributed by atoms with E-state index in [0.29, 0.717) is 5.88 Å². The lowest BCUT2D eigenvalue weighted by Gasteiger charge is -2.12. The van der Waals surface area contributed by atoms with Gasteiger partial charge in [0.2, 0.25) is 5.88 Å². The van der Waals surface area contributed by atoms with Crippen LogP contribution in [0.1, 0.15) is 23.7 Å². The highest BCUT2D eigenvalue weighted by Gasteiger charge is 2.11. The predicted octanol–water partition coefficient (Wildman–Crippen LogP) is 2.43. The molecule has 0 aliphatic carbocycles. The molecule has 0 saturated carbocycles. The molecule has 0 aliphatic rings. The van der Waals surface area contributed by atoms with Crippen LogP contribution >= 0.6 is 0 Å². The fourth-order valence-corrected chi connectivity index (χ4v) is 1.99. The number of rotatable bonds is 5. The second-order valence-corrected chi connectivity index (χ2v) is 4.53. The Kier molecular flexibility index (Phi) is 4.16. The molecule has 0 unspecified atom stereocenters. The van der Waals surface area contributed by atoms with Crippen LogP contribution in [0.4, 0.5) is 0 Å². The van der Waals surface area contributed by atoms with Gasteiger partial charge in [-0.2, -0.15) is 5.10 Å². The van der Waals surface area contributed by atoms with Crippen LogP contribution in [0.2, 0.25) is 0 Å². The standard InChI is InChI=1S/C14H20N4O/c1-5-18-9-12(7-16-18)19-14-13(8-15-4)10(2)6-11(3)17-14/h6-7,9,15H,5,8H2,1-4H3. The summed E-state index contributed by atoms with van der Waals surface area (Å²) in [7, 11) is 1.91. The number of nitrogens with one attached hydrogen (secondary N) is 1. The van der Waals surface area contributed by atoms with Crippen molar-refractivity contribution in [3.05, 3.63) is 35.3 Å². The molecule has 2 heterocycles. The van der Waals surface area contributed by atoms with E-state index >= 15 is 0 Å². The molecule has 1 N–H and O–H groups in total. The van der Waals surface area contributed by atoms with E-state index in [1.165, 1.54) is 5.56 Å². The molecular formula is C14H20N4O. The summed E-state index contributed by atoms with van der Waals surface area (Å²) in [6, 6.07) is 2.06. The van der Waals surface area contributed by atoms with Crippen molar-refractivity contribution in [2.24, 2.45) is 0 Å². The van der Waals surface area contributed by atoms with E-state index in [1.54, 1.807) is 6.20 Å². The van der Waals surface area contributed by atoms with Crippen molar-refractivity contribution in [1.82, 2.24) is 20.1 Å². The molecule has 5 nitrogen and oxygen atoms in total. The Hall–Kier alpha value is -1.88. The Morgan fingerprint density at radius 1 is 1.37 bits per heavy atom. The maximum Gasteiger partial charge on any atom is 0.224 e. The van der Waals surface area contributed by atoms with Crippen LogP contribution in [0.5, 0.6) is 11.6 Å².